The molecule has 0 aliphatic carbocycles. The standard InChI is InChI=1S/C20H18N2O2S/c23-20(22-16-10-12-7-8-18(16)24-12)14-11-17(19-6-3-9-25-19)21-15-5-2-1-4-13(14)15/h1-6,9,11-12,16,18H,7-8,10H2,(H,22,23)/t12-,16-,18+/m1/s1. The second-order valence-corrected chi connectivity index (χ2v) is 7.69. The zero-order valence-corrected chi connectivity index (χ0v) is 14.5. The molecule has 2 fully saturated rings. The first-order valence-corrected chi connectivity index (χ1v) is 9.56. The highest BCUT2D eigenvalue weighted by atomic mass is 32.1. The number of benzene rings is 1. The highest BCUT2D eigenvalue weighted by molar-refractivity contribution is 7.13. The van der Waals surface area contributed by atoms with E-state index in [9.17, 15) is 4.79 Å². The third-order valence-electron chi connectivity index (χ3n) is 5.16. The second-order valence-electron chi connectivity index (χ2n) is 6.74. The molecule has 0 radical (unpaired) electrons. The number of pyridine rings is 1. The Morgan fingerprint density at radius 1 is 1.20 bits per heavy atom. The Labute approximate surface area is 149 Å². The van der Waals surface area contributed by atoms with Crippen molar-refractivity contribution in [3.8, 4) is 10.6 Å². The Hall–Kier alpha value is -2.24. The minimum Gasteiger partial charge on any atom is -0.373 e. The lowest BCUT2D eigenvalue weighted by Crippen LogP contribution is -2.41. The van der Waals surface area contributed by atoms with Gasteiger partial charge in [0.1, 0.15) is 0 Å². The van der Waals surface area contributed by atoms with Crippen LogP contribution in [0.3, 0.4) is 0 Å². The molecule has 0 spiro atoms. The Kier molecular flexibility index (Phi) is 3.57. The molecule has 3 aromatic rings. The maximum Gasteiger partial charge on any atom is 0.252 e. The summed E-state index contributed by atoms with van der Waals surface area (Å²) in [5, 5.41) is 6.12. The number of amides is 1. The van der Waals surface area contributed by atoms with Crippen LogP contribution < -0.4 is 5.32 Å². The van der Waals surface area contributed by atoms with E-state index in [0.29, 0.717) is 11.7 Å². The Bertz CT molecular complexity index is 938. The minimum atomic E-state index is -0.0300. The van der Waals surface area contributed by atoms with Crippen molar-refractivity contribution in [1.29, 1.82) is 0 Å². The molecule has 3 atom stereocenters. The lowest BCUT2D eigenvalue weighted by molar-refractivity contribution is 0.0842. The van der Waals surface area contributed by atoms with Crippen LogP contribution in [0.15, 0.2) is 47.8 Å². The van der Waals surface area contributed by atoms with Crippen molar-refractivity contribution in [3.05, 3.63) is 53.4 Å². The second kappa shape index (κ2) is 5.93. The highest BCUT2D eigenvalue weighted by Gasteiger charge is 2.41. The molecule has 2 aliphatic heterocycles. The van der Waals surface area contributed by atoms with Gasteiger partial charge in [-0.15, -0.1) is 11.3 Å². The molecule has 2 saturated heterocycles. The van der Waals surface area contributed by atoms with E-state index in [1.165, 1.54) is 0 Å². The topological polar surface area (TPSA) is 51.2 Å². The van der Waals surface area contributed by atoms with E-state index in [1.807, 2.05) is 47.8 Å². The van der Waals surface area contributed by atoms with Gasteiger partial charge in [0.2, 0.25) is 0 Å². The fourth-order valence-electron chi connectivity index (χ4n) is 3.95. The molecule has 25 heavy (non-hydrogen) atoms. The number of hydrogen-bond donors (Lipinski definition) is 1. The Morgan fingerprint density at radius 2 is 2.12 bits per heavy atom. The predicted octanol–water partition coefficient (Wildman–Crippen LogP) is 4.01. The van der Waals surface area contributed by atoms with E-state index >= 15 is 0 Å². The van der Waals surface area contributed by atoms with E-state index < -0.39 is 0 Å². The van der Waals surface area contributed by atoms with Gasteiger partial charge in [0.25, 0.3) is 5.91 Å². The number of thiophene rings is 1. The summed E-state index contributed by atoms with van der Waals surface area (Å²) in [5.74, 6) is -0.0300. The molecule has 5 heteroatoms. The van der Waals surface area contributed by atoms with Crippen molar-refractivity contribution in [3.63, 3.8) is 0 Å². The number of rotatable bonds is 3. The lowest BCUT2D eigenvalue weighted by atomic mass is 9.95. The van der Waals surface area contributed by atoms with Gasteiger partial charge in [-0.25, -0.2) is 4.98 Å². The summed E-state index contributed by atoms with van der Waals surface area (Å²) in [6.07, 6.45) is 3.60. The lowest BCUT2D eigenvalue weighted by Gasteiger charge is -2.20. The zero-order chi connectivity index (χ0) is 16.8. The first-order chi connectivity index (χ1) is 12.3. The minimum absolute atomic E-state index is 0.0300. The molecule has 4 heterocycles. The molecule has 4 nitrogen and oxygen atoms in total. The molecule has 0 saturated carbocycles. The third kappa shape index (κ3) is 2.64. The van der Waals surface area contributed by atoms with Crippen LogP contribution in [0.5, 0.6) is 0 Å². The average molecular weight is 350 g/mol. The zero-order valence-electron chi connectivity index (χ0n) is 13.6. The first-order valence-electron chi connectivity index (χ1n) is 8.68. The van der Waals surface area contributed by atoms with Gasteiger partial charge in [0.05, 0.1) is 39.9 Å². The Morgan fingerprint density at radius 3 is 2.88 bits per heavy atom. The maximum absolute atomic E-state index is 13.0. The van der Waals surface area contributed by atoms with Crippen LogP contribution in [-0.4, -0.2) is 29.1 Å². The number of carbonyl (C=O) groups is 1. The first kappa shape index (κ1) is 15.0. The normalized spacial score (nSPS) is 24.7. The molecule has 126 valence electrons. The van der Waals surface area contributed by atoms with Crippen LogP contribution in [0, 0.1) is 0 Å². The van der Waals surface area contributed by atoms with Gasteiger partial charge in [0, 0.05) is 5.39 Å². The molecule has 1 N–H and O–H groups in total. The van der Waals surface area contributed by atoms with Crippen molar-refractivity contribution in [1.82, 2.24) is 10.3 Å². The van der Waals surface area contributed by atoms with Crippen molar-refractivity contribution >= 4 is 28.1 Å². The number of carbonyl (C=O) groups excluding carboxylic acids is 1. The number of hydrogen-bond acceptors (Lipinski definition) is 4. The van der Waals surface area contributed by atoms with Crippen LogP contribution in [-0.2, 0) is 4.74 Å². The van der Waals surface area contributed by atoms with E-state index in [0.717, 1.165) is 40.7 Å². The summed E-state index contributed by atoms with van der Waals surface area (Å²) in [5.41, 5.74) is 2.39. The molecular formula is C20H18N2O2S. The molecule has 2 bridgehead atoms. The summed E-state index contributed by atoms with van der Waals surface area (Å²) in [6, 6.07) is 13.9. The van der Waals surface area contributed by atoms with Gasteiger partial charge in [-0.2, -0.15) is 0 Å². The van der Waals surface area contributed by atoms with Crippen molar-refractivity contribution in [2.24, 2.45) is 0 Å². The third-order valence-corrected chi connectivity index (χ3v) is 6.05. The summed E-state index contributed by atoms with van der Waals surface area (Å²) in [4.78, 5) is 18.8. The van der Waals surface area contributed by atoms with Crippen molar-refractivity contribution < 1.29 is 9.53 Å². The molecular weight excluding hydrogens is 332 g/mol. The number of nitrogens with zero attached hydrogens (tertiary/aromatic N) is 1. The summed E-state index contributed by atoms with van der Waals surface area (Å²) >= 11 is 1.63. The van der Waals surface area contributed by atoms with Crippen molar-refractivity contribution in [2.75, 3.05) is 0 Å². The summed E-state index contributed by atoms with van der Waals surface area (Å²) in [6.45, 7) is 0. The van der Waals surface area contributed by atoms with Crippen LogP contribution >= 0.6 is 11.3 Å². The van der Waals surface area contributed by atoms with E-state index in [-0.39, 0.29) is 18.1 Å². The van der Waals surface area contributed by atoms with Crippen LogP contribution in [0.4, 0.5) is 0 Å². The molecule has 0 unspecified atom stereocenters. The van der Waals surface area contributed by atoms with Crippen molar-refractivity contribution in [2.45, 2.75) is 37.5 Å². The number of aromatic nitrogens is 1. The van der Waals surface area contributed by atoms with E-state index in [2.05, 4.69) is 5.32 Å². The highest BCUT2D eigenvalue weighted by Crippen LogP contribution is 2.35. The smallest absolute Gasteiger partial charge is 0.252 e. The van der Waals surface area contributed by atoms with Gasteiger partial charge in [-0.3, -0.25) is 4.79 Å². The van der Waals surface area contributed by atoms with Gasteiger partial charge in [-0.1, -0.05) is 24.3 Å². The largest absolute Gasteiger partial charge is 0.373 e. The fourth-order valence-corrected chi connectivity index (χ4v) is 4.64. The van der Waals surface area contributed by atoms with E-state index in [1.54, 1.807) is 11.3 Å². The number of para-hydroxylation sites is 1. The van der Waals surface area contributed by atoms with Crippen LogP contribution in [0.25, 0.3) is 21.5 Å². The fraction of sp³-hybridized carbons (Fsp3) is 0.300. The number of fused-ring (bicyclic) bond motifs is 3. The maximum atomic E-state index is 13.0. The molecule has 5 rings (SSSR count). The average Bonchev–Trinajstić information content (AvgIpc) is 3.38. The SMILES string of the molecule is O=C(N[C@@H]1C[C@H]2CC[C@@H]1O2)c1cc(-c2cccs2)nc2ccccc12. The quantitative estimate of drug-likeness (QED) is 0.776. The molecule has 1 aromatic carbocycles. The van der Waals surface area contributed by atoms with Gasteiger partial charge >= 0.3 is 0 Å². The van der Waals surface area contributed by atoms with E-state index in [4.69, 9.17) is 9.72 Å². The molecule has 2 aliphatic rings. The predicted molar refractivity (Wildman–Crippen MR) is 98.8 cm³/mol. The molecule has 1 amide bonds. The molecule has 2 aromatic heterocycles. The monoisotopic (exact) mass is 350 g/mol. The Balaban J connectivity index is 1.53. The van der Waals surface area contributed by atoms with Crippen LogP contribution in [0.1, 0.15) is 29.6 Å². The van der Waals surface area contributed by atoms with Gasteiger partial charge in [-0.05, 0) is 42.8 Å². The van der Waals surface area contributed by atoms with Crippen LogP contribution in [0.2, 0.25) is 0 Å². The summed E-state index contributed by atoms with van der Waals surface area (Å²) in [7, 11) is 0. The number of nitrogens with one attached hydrogen (secondary N) is 1. The van der Waals surface area contributed by atoms with Gasteiger partial charge in [0.15, 0.2) is 0 Å². The number of ether oxygens (including phenoxy) is 1. The van der Waals surface area contributed by atoms with Gasteiger partial charge < -0.3 is 10.1 Å². The summed E-state index contributed by atoms with van der Waals surface area (Å²) < 4.78 is 5.87.